The molecule has 1 N–H and O–H groups in total. The summed E-state index contributed by atoms with van der Waals surface area (Å²) in [5, 5.41) is 3.52. The van der Waals surface area contributed by atoms with Crippen LogP contribution in [-0.2, 0) is 22.4 Å². The number of hydrogen-bond acceptors (Lipinski definition) is 5. The summed E-state index contributed by atoms with van der Waals surface area (Å²) in [4.78, 5) is 31.1. The van der Waals surface area contributed by atoms with Crippen LogP contribution < -0.4 is 5.32 Å². The summed E-state index contributed by atoms with van der Waals surface area (Å²) in [5.74, 6) is -0.275. The quantitative estimate of drug-likeness (QED) is 0.849. The van der Waals surface area contributed by atoms with Crippen LogP contribution >= 0.6 is 11.3 Å². The number of ether oxygens (including phenoxy) is 1. The van der Waals surface area contributed by atoms with E-state index in [-0.39, 0.29) is 17.9 Å². The van der Waals surface area contributed by atoms with Crippen LogP contribution in [0.3, 0.4) is 0 Å². The number of likely N-dealkylation sites (tertiary alicyclic amines) is 1. The van der Waals surface area contributed by atoms with E-state index < -0.39 is 0 Å². The molecule has 2 amide bonds. The minimum absolute atomic E-state index is 0.0666. The number of methoxy groups -OCH3 is 1. The van der Waals surface area contributed by atoms with Gasteiger partial charge in [0.25, 0.3) is 0 Å². The third-order valence-corrected chi connectivity index (χ3v) is 5.15. The van der Waals surface area contributed by atoms with E-state index in [1.807, 2.05) is 4.90 Å². The first-order valence-electron chi connectivity index (χ1n) is 7.29. The Hall–Kier alpha value is -1.63. The summed E-state index contributed by atoms with van der Waals surface area (Å²) in [6.45, 7) is 1.64. The van der Waals surface area contributed by atoms with Crippen LogP contribution in [0.2, 0.25) is 0 Å². The van der Waals surface area contributed by atoms with Crippen molar-refractivity contribution in [2.75, 3.05) is 25.5 Å². The Balaban J connectivity index is 1.66. The number of carbonyl (C=O) groups excluding carboxylic acids is 2. The van der Waals surface area contributed by atoms with Crippen LogP contribution in [0.4, 0.5) is 9.93 Å². The lowest BCUT2D eigenvalue weighted by atomic mass is 9.91. The summed E-state index contributed by atoms with van der Waals surface area (Å²) in [6, 6.07) is -0.0666. The summed E-state index contributed by atoms with van der Waals surface area (Å²) < 4.78 is 4.80. The van der Waals surface area contributed by atoms with E-state index in [1.54, 1.807) is 0 Å². The number of carbonyl (C=O) groups is 2. The average molecular weight is 309 g/mol. The van der Waals surface area contributed by atoms with Gasteiger partial charge in [0.15, 0.2) is 5.13 Å². The maximum Gasteiger partial charge on any atom is 0.323 e. The molecule has 1 aromatic rings. The van der Waals surface area contributed by atoms with Gasteiger partial charge >= 0.3 is 12.0 Å². The van der Waals surface area contributed by atoms with Gasteiger partial charge in [0.1, 0.15) is 0 Å². The minimum Gasteiger partial charge on any atom is -0.469 e. The fourth-order valence-electron chi connectivity index (χ4n) is 2.89. The lowest BCUT2D eigenvalue weighted by Gasteiger charge is -2.18. The predicted octanol–water partition coefficient (Wildman–Crippen LogP) is 2.05. The van der Waals surface area contributed by atoms with E-state index in [0.29, 0.717) is 11.6 Å². The van der Waals surface area contributed by atoms with Gasteiger partial charge < -0.3 is 9.64 Å². The first-order chi connectivity index (χ1) is 10.2. The molecule has 3 rings (SSSR count). The molecular weight excluding hydrogens is 290 g/mol. The van der Waals surface area contributed by atoms with E-state index in [1.165, 1.54) is 23.3 Å². The van der Waals surface area contributed by atoms with Gasteiger partial charge in [0.2, 0.25) is 0 Å². The topological polar surface area (TPSA) is 71.5 Å². The summed E-state index contributed by atoms with van der Waals surface area (Å²) in [5.41, 5.74) is 0.929. The van der Waals surface area contributed by atoms with Gasteiger partial charge in [-0.05, 0) is 25.7 Å². The second kappa shape index (κ2) is 6.01. The molecule has 0 bridgehead atoms. The average Bonchev–Trinajstić information content (AvgIpc) is 3.14. The summed E-state index contributed by atoms with van der Waals surface area (Å²) in [7, 11) is 1.42. The number of rotatable bonds is 2. The van der Waals surface area contributed by atoms with Crippen molar-refractivity contribution in [3.63, 3.8) is 0 Å². The summed E-state index contributed by atoms with van der Waals surface area (Å²) >= 11 is 1.52. The molecular formula is C14H19N3O3S. The Morgan fingerprint density at radius 3 is 2.86 bits per heavy atom. The highest BCUT2D eigenvalue weighted by Crippen LogP contribution is 2.32. The third-order valence-electron chi connectivity index (χ3n) is 4.08. The normalized spacial score (nSPS) is 21.0. The van der Waals surface area contributed by atoms with Gasteiger partial charge in [-0.3, -0.25) is 10.1 Å². The highest BCUT2D eigenvalue weighted by Gasteiger charge is 2.28. The van der Waals surface area contributed by atoms with Gasteiger partial charge in [0.05, 0.1) is 18.7 Å². The number of aromatic nitrogens is 1. The third kappa shape index (κ3) is 3.02. The number of hydrogen-bond donors (Lipinski definition) is 1. The van der Waals surface area contributed by atoms with E-state index in [0.717, 1.165) is 44.5 Å². The second-order valence-electron chi connectivity index (χ2n) is 5.48. The Kier molecular flexibility index (Phi) is 4.10. The number of nitrogens with zero attached hydrogens (tertiary/aromatic N) is 2. The monoisotopic (exact) mass is 309 g/mol. The van der Waals surface area contributed by atoms with Crippen molar-refractivity contribution in [1.29, 1.82) is 0 Å². The molecule has 1 aliphatic carbocycles. The SMILES string of the molecule is COC(=O)C1CCc2sc(NC(=O)N3CCCC3)nc2C1. The zero-order valence-corrected chi connectivity index (χ0v) is 12.9. The number of fused-ring (bicyclic) bond motifs is 1. The first kappa shape index (κ1) is 14.3. The molecule has 1 unspecified atom stereocenters. The molecule has 21 heavy (non-hydrogen) atoms. The zero-order chi connectivity index (χ0) is 14.8. The van der Waals surface area contributed by atoms with Crippen molar-refractivity contribution in [2.45, 2.75) is 32.1 Å². The van der Waals surface area contributed by atoms with E-state index in [4.69, 9.17) is 4.74 Å². The maximum atomic E-state index is 12.1. The van der Waals surface area contributed by atoms with Crippen molar-refractivity contribution in [3.8, 4) is 0 Å². The largest absolute Gasteiger partial charge is 0.469 e. The Labute approximate surface area is 127 Å². The molecule has 1 atom stereocenters. The van der Waals surface area contributed by atoms with Crippen molar-refractivity contribution >= 4 is 28.5 Å². The zero-order valence-electron chi connectivity index (χ0n) is 12.1. The van der Waals surface area contributed by atoms with E-state index in [9.17, 15) is 9.59 Å². The molecule has 6 nitrogen and oxygen atoms in total. The molecule has 0 saturated carbocycles. The number of amides is 2. The molecule has 1 saturated heterocycles. The number of thiazole rings is 1. The summed E-state index contributed by atoms with van der Waals surface area (Å²) in [6.07, 6.45) is 4.37. The van der Waals surface area contributed by atoms with Crippen molar-refractivity contribution in [3.05, 3.63) is 10.6 Å². The molecule has 1 fully saturated rings. The van der Waals surface area contributed by atoms with Crippen LogP contribution in [0, 0.1) is 5.92 Å². The fourth-order valence-corrected chi connectivity index (χ4v) is 3.89. The fraction of sp³-hybridized carbons (Fsp3) is 0.643. The van der Waals surface area contributed by atoms with Crippen LogP contribution in [0.15, 0.2) is 0 Å². The van der Waals surface area contributed by atoms with Gasteiger partial charge in [-0.2, -0.15) is 0 Å². The molecule has 7 heteroatoms. The highest BCUT2D eigenvalue weighted by molar-refractivity contribution is 7.15. The number of esters is 1. The molecule has 0 radical (unpaired) electrons. The second-order valence-corrected chi connectivity index (χ2v) is 6.56. The number of anilines is 1. The number of aryl methyl sites for hydroxylation is 1. The van der Waals surface area contributed by atoms with Gasteiger partial charge in [-0.1, -0.05) is 0 Å². The number of nitrogens with one attached hydrogen (secondary N) is 1. The van der Waals surface area contributed by atoms with Crippen molar-refractivity contribution in [2.24, 2.45) is 5.92 Å². The van der Waals surface area contributed by atoms with Crippen molar-refractivity contribution < 1.29 is 14.3 Å². The van der Waals surface area contributed by atoms with E-state index >= 15 is 0 Å². The Morgan fingerprint density at radius 1 is 1.38 bits per heavy atom. The lowest BCUT2D eigenvalue weighted by Crippen LogP contribution is -2.32. The minimum atomic E-state index is -0.170. The molecule has 0 aromatic carbocycles. The predicted molar refractivity (Wildman–Crippen MR) is 79.5 cm³/mol. The molecule has 2 aliphatic rings. The van der Waals surface area contributed by atoms with Crippen LogP contribution in [0.5, 0.6) is 0 Å². The molecule has 1 aliphatic heterocycles. The standard InChI is InChI=1S/C14H19N3O3S/c1-20-12(18)9-4-5-11-10(8-9)15-13(21-11)16-14(19)17-6-2-3-7-17/h9H,2-8H2,1H3,(H,15,16,19). The van der Waals surface area contributed by atoms with Crippen LogP contribution in [-0.4, -0.2) is 42.1 Å². The molecule has 0 spiro atoms. The first-order valence-corrected chi connectivity index (χ1v) is 8.11. The van der Waals surface area contributed by atoms with Crippen LogP contribution in [0.1, 0.15) is 29.8 Å². The molecule has 1 aromatic heterocycles. The lowest BCUT2D eigenvalue weighted by molar-refractivity contribution is -0.145. The highest BCUT2D eigenvalue weighted by atomic mass is 32.1. The van der Waals surface area contributed by atoms with Crippen molar-refractivity contribution in [1.82, 2.24) is 9.88 Å². The molecule has 2 heterocycles. The smallest absolute Gasteiger partial charge is 0.323 e. The Bertz CT molecular complexity index is 552. The number of urea groups is 1. The molecule has 114 valence electrons. The van der Waals surface area contributed by atoms with Crippen LogP contribution in [0.25, 0.3) is 0 Å². The van der Waals surface area contributed by atoms with E-state index in [2.05, 4.69) is 10.3 Å². The maximum absolute atomic E-state index is 12.1. The van der Waals surface area contributed by atoms with Gasteiger partial charge in [-0.15, -0.1) is 11.3 Å². The van der Waals surface area contributed by atoms with Gasteiger partial charge in [-0.25, -0.2) is 9.78 Å². The Morgan fingerprint density at radius 2 is 2.14 bits per heavy atom. The van der Waals surface area contributed by atoms with Gasteiger partial charge in [0, 0.05) is 24.4 Å².